The maximum absolute atomic E-state index is 12.2. The second-order valence-corrected chi connectivity index (χ2v) is 7.39. The van der Waals surface area contributed by atoms with Crippen molar-refractivity contribution in [2.24, 2.45) is 0 Å². The largest absolute Gasteiger partial charge is 0.378 e. The molecule has 0 unspecified atom stereocenters. The van der Waals surface area contributed by atoms with Gasteiger partial charge in [-0.3, -0.25) is 0 Å². The zero-order valence-electron chi connectivity index (χ0n) is 16.1. The lowest BCUT2D eigenvalue weighted by Gasteiger charge is -2.27. The first kappa shape index (κ1) is 18.7. The van der Waals surface area contributed by atoms with Gasteiger partial charge in [-0.1, -0.05) is 31.4 Å². The Labute approximate surface area is 165 Å². The number of aromatic nitrogens is 2. The molecule has 7 nitrogen and oxygen atoms in total. The number of carbonyl (C=O) groups excluding carboxylic acids is 1. The molecule has 148 valence electrons. The third-order valence-electron chi connectivity index (χ3n) is 5.36. The molecule has 1 saturated carbocycles. The Kier molecular flexibility index (Phi) is 6.01. The van der Waals surface area contributed by atoms with E-state index in [1.165, 1.54) is 19.3 Å². The van der Waals surface area contributed by atoms with E-state index in [4.69, 9.17) is 4.74 Å². The highest BCUT2D eigenvalue weighted by Gasteiger charge is 2.16. The fourth-order valence-corrected chi connectivity index (χ4v) is 3.76. The van der Waals surface area contributed by atoms with E-state index in [1.807, 2.05) is 36.4 Å². The smallest absolute Gasteiger partial charge is 0.319 e. The first-order valence-corrected chi connectivity index (χ1v) is 10.1. The minimum absolute atomic E-state index is 0.130. The number of carbonyl (C=O) groups is 1. The van der Waals surface area contributed by atoms with Crippen molar-refractivity contribution in [2.75, 3.05) is 36.5 Å². The zero-order chi connectivity index (χ0) is 19.2. The van der Waals surface area contributed by atoms with Gasteiger partial charge >= 0.3 is 6.03 Å². The van der Waals surface area contributed by atoms with Crippen molar-refractivity contribution in [1.29, 1.82) is 0 Å². The van der Waals surface area contributed by atoms with Gasteiger partial charge < -0.3 is 20.3 Å². The van der Waals surface area contributed by atoms with Gasteiger partial charge in [-0.25, -0.2) is 4.79 Å². The van der Waals surface area contributed by atoms with Crippen LogP contribution in [0.25, 0.3) is 11.3 Å². The van der Waals surface area contributed by atoms with Crippen LogP contribution in [0.1, 0.15) is 32.1 Å². The van der Waals surface area contributed by atoms with Crippen molar-refractivity contribution in [3.63, 3.8) is 0 Å². The molecule has 2 aliphatic rings. The normalized spacial score (nSPS) is 17.9. The molecule has 7 heteroatoms. The van der Waals surface area contributed by atoms with Crippen LogP contribution in [0.2, 0.25) is 0 Å². The van der Waals surface area contributed by atoms with E-state index in [0.29, 0.717) is 6.04 Å². The Morgan fingerprint density at radius 2 is 1.71 bits per heavy atom. The molecular formula is C21H27N5O2. The molecule has 1 saturated heterocycles. The predicted octanol–water partition coefficient (Wildman–Crippen LogP) is 3.43. The monoisotopic (exact) mass is 381 g/mol. The third-order valence-corrected chi connectivity index (χ3v) is 5.36. The summed E-state index contributed by atoms with van der Waals surface area (Å²) in [6.07, 6.45) is 5.82. The van der Waals surface area contributed by atoms with Gasteiger partial charge in [0.25, 0.3) is 0 Å². The van der Waals surface area contributed by atoms with E-state index < -0.39 is 0 Å². The van der Waals surface area contributed by atoms with Crippen LogP contribution >= 0.6 is 0 Å². The van der Waals surface area contributed by atoms with Gasteiger partial charge in [0.15, 0.2) is 5.82 Å². The molecule has 1 aliphatic carbocycles. The Morgan fingerprint density at radius 1 is 0.964 bits per heavy atom. The maximum Gasteiger partial charge on any atom is 0.319 e. The first-order valence-electron chi connectivity index (χ1n) is 10.1. The highest BCUT2D eigenvalue weighted by Crippen LogP contribution is 2.21. The summed E-state index contributed by atoms with van der Waals surface area (Å²) in [6.45, 7) is 3.15. The van der Waals surface area contributed by atoms with Crippen molar-refractivity contribution in [3.8, 4) is 11.3 Å². The van der Waals surface area contributed by atoms with E-state index in [0.717, 1.165) is 61.9 Å². The van der Waals surface area contributed by atoms with Crippen LogP contribution in [-0.2, 0) is 4.74 Å². The summed E-state index contributed by atoms with van der Waals surface area (Å²) in [4.78, 5) is 14.3. The summed E-state index contributed by atoms with van der Waals surface area (Å²) in [5, 5.41) is 14.7. The van der Waals surface area contributed by atoms with E-state index in [-0.39, 0.29) is 6.03 Å². The molecule has 2 heterocycles. The lowest BCUT2D eigenvalue weighted by molar-refractivity contribution is 0.122. The van der Waals surface area contributed by atoms with Crippen molar-refractivity contribution >= 4 is 17.5 Å². The van der Waals surface area contributed by atoms with Gasteiger partial charge in [0.05, 0.1) is 18.9 Å². The number of benzene rings is 1. The number of anilines is 2. The molecule has 2 aromatic rings. The average molecular weight is 381 g/mol. The minimum Gasteiger partial charge on any atom is -0.378 e. The lowest BCUT2D eigenvalue weighted by atomic mass is 9.96. The Bertz CT molecular complexity index is 766. The van der Waals surface area contributed by atoms with E-state index >= 15 is 0 Å². The topological polar surface area (TPSA) is 79.4 Å². The second-order valence-electron chi connectivity index (χ2n) is 7.39. The molecule has 0 spiro atoms. The van der Waals surface area contributed by atoms with Gasteiger partial charge in [0.1, 0.15) is 0 Å². The first-order chi connectivity index (χ1) is 13.8. The van der Waals surface area contributed by atoms with Crippen LogP contribution in [-0.4, -0.2) is 48.6 Å². The van der Waals surface area contributed by atoms with Gasteiger partial charge in [-0.2, -0.15) is 0 Å². The van der Waals surface area contributed by atoms with Crippen molar-refractivity contribution < 1.29 is 9.53 Å². The Hall–Kier alpha value is -2.67. The molecule has 2 N–H and O–H groups in total. The molecule has 1 aliphatic heterocycles. The molecule has 0 atom stereocenters. The van der Waals surface area contributed by atoms with Crippen molar-refractivity contribution in [2.45, 2.75) is 38.1 Å². The fraction of sp³-hybridized carbons (Fsp3) is 0.476. The Morgan fingerprint density at radius 3 is 2.39 bits per heavy atom. The van der Waals surface area contributed by atoms with Gasteiger partial charge in [-0.15, -0.1) is 10.2 Å². The number of hydrogen-bond acceptors (Lipinski definition) is 5. The lowest BCUT2D eigenvalue weighted by Crippen LogP contribution is -2.38. The van der Waals surface area contributed by atoms with E-state index in [1.54, 1.807) is 0 Å². The molecule has 1 aromatic heterocycles. The SMILES string of the molecule is O=C(Nc1ccc(-c2ccc(N3CCOCC3)nn2)cc1)NC1CCCCC1. The molecular weight excluding hydrogens is 354 g/mol. The van der Waals surface area contributed by atoms with Crippen LogP contribution in [0.3, 0.4) is 0 Å². The number of urea groups is 1. The van der Waals surface area contributed by atoms with Crippen LogP contribution in [0.15, 0.2) is 36.4 Å². The van der Waals surface area contributed by atoms with Crippen LogP contribution in [0.4, 0.5) is 16.3 Å². The van der Waals surface area contributed by atoms with Crippen molar-refractivity contribution in [3.05, 3.63) is 36.4 Å². The molecule has 28 heavy (non-hydrogen) atoms. The number of amides is 2. The van der Waals surface area contributed by atoms with Crippen LogP contribution < -0.4 is 15.5 Å². The standard InChI is InChI=1S/C21H27N5O2/c27-21(22-17-4-2-1-3-5-17)23-18-8-6-16(7-9-18)19-10-11-20(25-24-19)26-12-14-28-15-13-26/h6-11,17H,1-5,12-15H2,(H2,22,23,27). The summed E-state index contributed by atoms with van der Waals surface area (Å²) in [5.74, 6) is 0.879. The number of nitrogens with one attached hydrogen (secondary N) is 2. The molecule has 0 radical (unpaired) electrons. The number of rotatable bonds is 4. The number of nitrogens with zero attached hydrogens (tertiary/aromatic N) is 3. The summed E-state index contributed by atoms with van der Waals surface area (Å²) in [5.41, 5.74) is 2.56. The van der Waals surface area contributed by atoms with Gasteiger partial charge in [0.2, 0.25) is 0 Å². The van der Waals surface area contributed by atoms with E-state index in [9.17, 15) is 4.79 Å². The number of hydrogen-bond donors (Lipinski definition) is 2. The quantitative estimate of drug-likeness (QED) is 0.848. The van der Waals surface area contributed by atoms with Gasteiger partial charge in [0, 0.05) is 30.4 Å². The van der Waals surface area contributed by atoms with E-state index in [2.05, 4.69) is 25.7 Å². The summed E-state index contributed by atoms with van der Waals surface area (Å²) in [6, 6.07) is 11.8. The summed E-state index contributed by atoms with van der Waals surface area (Å²) in [7, 11) is 0. The number of ether oxygens (including phenoxy) is 1. The minimum atomic E-state index is -0.130. The molecule has 4 rings (SSSR count). The van der Waals surface area contributed by atoms with Crippen molar-refractivity contribution in [1.82, 2.24) is 15.5 Å². The maximum atomic E-state index is 12.2. The predicted molar refractivity (Wildman–Crippen MR) is 110 cm³/mol. The summed E-state index contributed by atoms with van der Waals surface area (Å²) >= 11 is 0. The van der Waals surface area contributed by atoms with Crippen LogP contribution in [0.5, 0.6) is 0 Å². The fourth-order valence-electron chi connectivity index (χ4n) is 3.76. The molecule has 1 aromatic carbocycles. The summed E-state index contributed by atoms with van der Waals surface area (Å²) < 4.78 is 5.37. The van der Waals surface area contributed by atoms with Crippen LogP contribution in [0, 0.1) is 0 Å². The Balaban J connectivity index is 1.34. The average Bonchev–Trinajstić information content (AvgIpc) is 2.76. The third kappa shape index (κ3) is 4.78. The molecule has 2 amide bonds. The molecule has 0 bridgehead atoms. The highest BCUT2D eigenvalue weighted by molar-refractivity contribution is 5.89. The number of morpholine rings is 1. The second kappa shape index (κ2) is 9.01. The molecule has 2 fully saturated rings. The van der Waals surface area contributed by atoms with Gasteiger partial charge in [-0.05, 0) is 37.1 Å². The zero-order valence-corrected chi connectivity index (χ0v) is 16.1. The highest BCUT2D eigenvalue weighted by atomic mass is 16.5.